The monoisotopic (exact) mass is 506 g/mol. The van der Waals surface area contributed by atoms with Crippen molar-refractivity contribution in [2.75, 3.05) is 7.11 Å². The van der Waals surface area contributed by atoms with Gasteiger partial charge < -0.3 is 14.8 Å². The molecule has 0 aliphatic rings. The van der Waals surface area contributed by atoms with Gasteiger partial charge in [0.2, 0.25) is 12.4 Å². The Hall–Kier alpha value is -4.14. The topological polar surface area (TPSA) is 143 Å². The van der Waals surface area contributed by atoms with E-state index < -0.39 is 13.3 Å². The lowest BCUT2D eigenvalue weighted by Crippen LogP contribution is -2.32. The normalized spacial score (nSPS) is 12.5. The van der Waals surface area contributed by atoms with Gasteiger partial charge in [-0.1, -0.05) is 11.6 Å². The molecule has 2 aromatic heterocycles. The summed E-state index contributed by atoms with van der Waals surface area (Å²) >= 11 is 6.21. The average Bonchev–Trinajstić information content (AvgIpc) is 3.25. The van der Waals surface area contributed by atoms with E-state index in [1.54, 1.807) is 30.3 Å². The van der Waals surface area contributed by atoms with Gasteiger partial charge in [0, 0.05) is 51.2 Å². The number of pyridine rings is 1. The van der Waals surface area contributed by atoms with Gasteiger partial charge in [0.05, 0.1) is 28.6 Å². The minimum Gasteiger partial charge on any atom is -0.350 e. The fourth-order valence-electron chi connectivity index (χ4n) is 3.74. The molecule has 2 aromatic carbocycles. The number of benzene rings is 2. The SMILES string of the molecule is COP(=O)(c1cc(C#N)cc(C#N)c1)c1c(C(=O)NCc2ccc[n+](O)c2)[nH]c2ccc(Cl)cc12. The second kappa shape index (κ2) is 9.61. The largest absolute Gasteiger partial charge is 0.350 e. The van der Waals surface area contributed by atoms with Crippen LogP contribution < -0.4 is 20.7 Å². The molecule has 0 bridgehead atoms. The minimum atomic E-state index is -3.99. The molecule has 4 rings (SSSR count). The third-order valence-corrected chi connectivity index (χ3v) is 8.07. The molecule has 174 valence electrons. The predicted molar refractivity (Wildman–Crippen MR) is 128 cm³/mol. The van der Waals surface area contributed by atoms with E-state index in [2.05, 4.69) is 10.3 Å². The first-order valence-electron chi connectivity index (χ1n) is 10.2. The number of nitrogens with one attached hydrogen (secondary N) is 2. The van der Waals surface area contributed by atoms with Crippen molar-refractivity contribution in [1.29, 1.82) is 10.5 Å². The Bertz CT molecular complexity index is 1570. The number of amides is 1. The van der Waals surface area contributed by atoms with Crippen molar-refractivity contribution in [3.05, 3.63) is 88.3 Å². The van der Waals surface area contributed by atoms with Gasteiger partial charge in [0.25, 0.3) is 13.3 Å². The molecule has 9 nitrogen and oxygen atoms in total. The van der Waals surface area contributed by atoms with Crippen LogP contribution in [0.3, 0.4) is 0 Å². The minimum absolute atomic E-state index is 0.0128. The standard InChI is InChI=1S/C24H17ClN5O4P/c1-34-35(33,19-8-16(11-26)7-17(9-19)12-27)23-20-10-18(25)4-5-21(20)29-22(23)24(31)28-13-15-3-2-6-30(32)14-15/h2-10,14H,13H2,1H3,(H2-,28,29,31,32,33)/p+1. The second-order valence-corrected chi connectivity index (χ2v) is 10.4. The van der Waals surface area contributed by atoms with E-state index in [1.807, 2.05) is 12.1 Å². The summed E-state index contributed by atoms with van der Waals surface area (Å²) in [5.41, 5.74) is 1.36. The molecule has 0 aliphatic heterocycles. The second-order valence-electron chi connectivity index (χ2n) is 7.54. The van der Waals surface area contributed by atoms with E-state index in [9.17, 15) is 25.1 Å². The van der Waals surface area contributed by atoms with Crippen molar-refractivity contribution in [3.8, 4) is 12.1 Å². The van der Waals surface area contributed by atoms with Crippen LogP contribution in [-0.2, 0) is 15.6 Å². The van der Waals surface area contributed by atoms with Gasteiger partial charge in [-0.25, -0.2) is 0 Å². The number of nitrogens with zero attached hydrogens (tertiary/aromatic N) is 3. The maximum absolute atomic E-state index is 14.4. The Morgan fingerprint density at radius 3 is 2.54 bits per heavy atom. The lowest BCUT2D eigenvalue weighted by Gasteiger charge is -2.18. The molecular formula is C24H18ClN5O4P+. The summed E-state index contributed by atoms with van der Waals surface area (Å²) in [5.74, 6) is -0.574. The van der Waals surface area contributed by atoms with E-state index >= 15 is 0 Å². The van der Waals surface area contributed by atoms with E-state index in [1.165, 1.54) is 37.7 Å². The Balaban J connectivity index is 1.88. The molecule has 11 heteroatoms. The number of aromatic amines is 1. The number of hydrogen-bond donors (Lipinski definition) is 3. The Kier molecular flexibility index (Phi) is 6.59. The van der Waals surface area contributed by atoms with Gasteiger partial charge in [-0.15, -0.1) is 0 Å². The molecule has 35 heavy (non-hydrogen) atoms. The van der Waals surface area contributed by atoms with Crippen LogP contribution in [0.5, 0.6) is 0 Å². The fourth-order valence-corrected chi connectivity index (χ4v) is 6.14. The molecule has 0 aliphatic carbocycles. The van der Waals surface area contributed by atoms with Gasteiger partial charge >= 0.3 is 0 Å². The fraction of sp³-hybridized carbons (Fsp3) is 0.0833. The molecule has 2 heterocycles. The third-order valence-electron chi connectivity index (χ3n) is 5.33. The van der Waals surface area contributed by atoms with Gasteiger partial charge in [0.1, 0.15) is 5.69 Å². The van der Waals surface area contributed by atoms with Crippen molar-refractivity contribution in [2.45, 2.75) is 6.54 Å². The molecular weight excluding hydrogens is 489 g/mol. The summed E-state index contributed by atoms with van der Waals surface area (Å²) in [4.78, 5) is 16.3. The summed E-state index contributed by atoms with van der Waals surface area (Å²) in [6.07, 6.45) is 2.87. The van der Waals surface area contributed by atoms with Gasteiger partial charge in [-0.2, -0.15) is 10.5 Å². The van der Waals surface area contributed by atoms with Crippen molar-refractivity contribution < 1.29 is 23.8 Å². The van der Waals surface area contributed by atoms with Crippen LogP contribution in [0, 0.1) is 22.7 Å². The van der Waals surface area contributed by atoms with Crippen molar-refractivity contribution in [2.24, 2.45) is 0 Å². The molecule has 4 aromatic rings. The predicted octanol–water partition coefficient (Wildman–Crippen LogP) is 2.89. The molecule has 1 amide bonds. The first kappa shape index (κ1) is 24.0. The number of nitriles is 2. The van der Waals surface area contributed by atoms with E-state index in [4.69, 9.17) is 16.1 Å². The van der Waals surface area contributed by atoms with E-state index in [-0.39, 0.29) is 34.0 Å². The van der Waals surface area contributed by atoms with Gasteiger partial charge in [-0.3, -0.25) is 14.6 Å². The number of aromatic nitrogens is 2. The van der Waals surface area contributed by atoms with Gasteiger partial charge in [0.15, 0.2) is 0 Å². The highest BCUT2D eigenvalue weighted by molar-refractivity contribution is 7.75. The highest BCUT2D eigenvalue weighted by Crippen LogP contribution is 2.47. The van der Waals surface area contributed by atoms with Crippen LogP contribution in [0.1, 0.15) is 27.2 Å². The van der Waals surface area contributed by atoms with Crippen LogP contribution in [0.25, 0.3) is 10.9 Å². The van der Waals surface area contributed by atoms with Crippen LogP contribution in [0.4, 0.5) is 0 Å². The van der Waals surface area contributed by atoms with E-state index in [0.717, 1.165) is 4.73 Å². The van der Waals surface area contributed by atoms with Crippen LogP contribution in [0.15, 0.2) is 60.9 Å². The number of carbonyl (C=O) groups is 1. The number of halogens is 1. The first-order chi connectivity index (χ1) is 16.8. The molecule has 0 saturated heterocycles. The van der Waals surface area contributed by atoms with Crippen LogP contribution in [0.2, 0.25) is 5.02 Å². The Labute approximate surface area is 205 Å². The highest BCUT2D eigenvalue weighted by atomic mass is 35.5. The molecule has 1 unspecified atom stereocenters. The first-order valence-corrected chi connectivity index (χ1v) is 12.2. The Morgan fingerprint density at radius 2 is 1.91 bits per heavy atom. The highest BCUT2D eigenvalue weighted by Gasteiger charge is 2.36. The van der Waals surface area contributed by atoms with E-state index in [0.29, 0.717) is 21.5 Å². The van der Waals surface area contributed by atoms with Crippen LogP contribution >= 0.6 is 19.0 Å². The molecule has 0 saturated carbocycles. The third kappa shape index (κ3) is 4.62. The molecule has 0 radical (unpaired) electrons. The maximum Gasteiger partial charge on any atom is 0.268 e. The molecule has 0 fully saturated rings. The van der Waals surface area contributed by atoms with Crippen LogP contribution in [-0.4, -0.2) is 23.2 Å². The molecule has 1 atom stereocenters. The quantitative estimate of drug-likeness (QED) is 0.208. The number of H-pyrrole nitrogens is 1. The maximum atomic E-state index is 14.4. The van der Waals surface area contributed by atoms with Crippen molar-refractivity contribution >= 4 is 46.4 Å². The molecule has 3 N–H and O–H groups in total. The smallest absolute Gasteiger partial charge is 0.268 e. The number of fused-ring (bicyclic) bond motifs is 1. The zero-order valence-corrected chi connectivity index (χ0v) is 20.0. The summed E-state index contributed by atoms with van der Waals surface area (Å²) in [5, 5.41) is 32.1. The summed E-state index contributed by atoms with van der Waals surface area (Å²) in [7, 11) is -2.76. The lowest BCUT2D eigenvalue weighted by atomic mass is 10.1. The summed E-state index contributed by atoms with van der Waals surface area (Å²) in [6.45, 7) is 0.0789. The van der Waals surface area contributed by atoms with Crippen molar-refractivity contribution in [1.82, 2.24) is 10.3 Å². The number of rotatable bonds is 6. The van der Waals surface area contributed by atoms with Gasteiger partial charge in [-0.05, 0) is 42.5 Å². The molecule has 0 spiro atoms. The zero-order chi connectivity index (χ0) is 25.2. The Morgan fingerprint density at radius 1 is 1.20 bits per heavy atom. The van der Waals surface area contributed by atoms with Crippen molar-refractivity contribution in [3.63, 3.8) is 0 Å². The number of hydrogen-bond acceptors (Lipinski definition) is 6. The summed E-state index contributed by atoms with van der Waals surface area (Å²) < 4.78 is 20.8. The zero-order valence-electron chi connectivity index (χ0n) is 18.3. The average molecular weight is 507 g/mol. The lowest BCUT2D eigenvalue weighted by molar-refractivity contribution is -0.905. The number of carbonyl (C=O) groups excluding carboxylic acids is 1. The summed E-state index contributed by atoms with van der Waals surface area (Å²) in [6, 6.07) is 16.2.